The number of anilines is 1. The summed E-state index contributed by atoms with van der Waals surface area (Å²) in [6, 6.07) is 15.6. The molecule has 0 spiro atoms. The van der Waals surface area contributed by atoms with Gasteiger partial charge in [0.2, 0.25) is 5.88 Å². The second kappa shape index (κ2) is 10.6. The number of nitrogens with zero attached hydrogens (tertiary/aromatic N) is 6. The van der Waals surface area contributed by atoms with Gasteiger partial charge in [0.05, 0.1) is 25.5 Å². The number of ether oxygens (including phenoxy) is 2. The summed E-state index contributed by atoms with van der Waals surface area (Å²) in [7, 11) is 0. The first kappa shape index (κ1) is 20.9. The highest BCUT2D eigenvalue weighted by atomic mass is 16.5. The molecule has 8 heteroatoms. The molecule has 3 heterocycles. The van der Waals surface area contributed by atoms with E-state index in [4.69, 9.17) is 9.47 Å². The summed E-state index contributed by atoms with van der Waals surface area (Å²) in [5, 5.41) is 8.60. The lowest BCUT2D eigenvalue weighted by atomic mass is 10.2. The number of rotatable bonds is 8. The van der Waals surface area contributed by atoms with Gasteiger partial charge in [0.25, 0.3) is 0 Å². The third kappa shape index (κ3) is 6.29. The Morgan fingerprint density at radius 2 is 1.97 bits per heavy atom. The molecule has 1 aliphatic heterocycles. The van der Waals surface area contributed by atoms with E-state index in [0.717, 1.165) is 35.9 Å². The zero-order valence-corrected chi connectivity index (χ0v) is 17.6. The molecule has 0 aliphatic carbocycles. The van der Waals surface area contributed by atoms with Gasteiger partial charge in [0.15, 0.2) is 5.82 Å². The molecule has 4 rings (SSSR count). The van der Waals surface area contributed by atoms with Gasteiger partial charge in [-0.05, 0) is 36.8 Å². The fraction of sp³-hybridized carbons (Fsp3) is 0.348. The van der Waals surface area contributed by atoms with Gasteiger partial charge in [-0.2, -0.15) is 15.2 Å². The van der Waals surface area contributed by atoms with Crippen LogP contribution in [-0.4, -0.2) is 47.9 Å². The lowest BCUT2D eigenvalue weighted by Gasteiger charge is -2.28. The number of hydrogen-bond donors (Lipinski definition) is 0. The van der Waals surface area contributed by atoms with E-state index in [2.05, 4.69) is 30.1 Å². The van der Waals surface area contributed by atoms with E-state index in [9.17, 15) is 0 Å². The van der Waals surface area contributed by atoms with Gasteiger partial charge >= 0.3 is 0 Å². The molecule has 8 nitrogen and oxygen atoms in total. The smallest absolute Gasteiger partial charge is 0.218 e. The molecule has 0 saturated carbocycles. The predicted molar refractivity (Wildman–Crippen MR) is 118 cm³/mol. The molecule has 0 bridgehead atoms. The lowest BCUT2D eigenvalue weighted by Crippen LogP contribution is -2.37. The second-order valence-corrected chi connectivity index (χ2v) is 7.24. The second-order valence-electron chi connectivity index (χ2n) is 7.24. The maximum Gasteiger partial charge on any atom is 0.218 e. The normalized spacial score (nSPS) is 14.2. The van der Waals surface area contributed by atoms with Gasteiger partial charge in [-0.1, -0.05) is 18.2 Å². The van der Waals surface area contributed by atoms with Gasteiger partial charge < -0.3 is 14.4 Å². The van der Waals surface area contributed by atoms with Crippen molar-refractivity contribution >= 4 is 11.5 Å². The van der Waals surface area contributed by atoms with Crippen molar-refractivity contribution in [3.05, 3.63) is 71.8 Å². The first-order chi connectivity index (χ1) is 15.3. The van der Waals surface area contributed by atoms with E-state index in [1.165, 1.54) is 0 Å². The molecule has 3 aromatic rings. The molecule has 1 saturated heterocycles. The molecule has 1 aliphatic rings. The number of aromatic nitrogens is 3. The molecule has 31 heavy (non-hydrogen) atoms. The predicted octanol–water partition coefficient (Wildman–Crippen LogP) is 3.92. The Hall–Kier alpha value is -3.39. The minimum absolute atomic E-state index is 0.280. The van der Waals surface area contributed by atoms with Crippen LogP contribution < -0.4 is 9.64 Å². The van der Waals surface area contributed by atoms with E-state index in [0.29, 0.717) is 37.9 Å². The molecular formula is C23H26N6O2. The van der Waals surface area contributed by atoms with Gasteiger partial charge in [-0.25, -0.2) is 4.98 Å². The van der Waals surface area contributed by atoms with Crippen LogP contribution in [0.5, 0.6) is 5.88 Å². The van der Waals surface area contributed by atoms with Crippen molar-refractivity contribution < 1.29 is 9.47 Å². The zero-order chi connectivity index (χ0) is 21.3. The molecule has 1 fully saturated rings. The summed E-state index contributed by atoms with van der Waals surface area (Å²) >= 11 is 0. The Labute approximate surface area is 182 Å². The highest BCUT2D eigenvalue weighted by molar-refractivity contribution is 5.42. The van der Waals surface area contributed by atoms with E-state index in [1.807, 2.05) is 55.5 Å². The molecule has 160 valence electrons. The van der Waals surface area contributed by atoms with Crippen molar-refractivity contribution in [3.63, 3.8) is 0 Å². The number of benzene rings is 1. The fourth-order valence-corrected chi connectivity index (χ4v) is 3.24. The highest BCUT2D eigenvalue weighted by Crippen LogP contribution is 2.20. The van der Waals surface area contributed by atoms with Crippen LogP contribution in [0, 0.1) is 6.92 Å². The fourth-order valence-electron chi connectivity index (χ4n) is 3.24. The first-order valence-electron chi connectivity index (χ1n) is 10.4. The van der Waals surface area contributed by atoms with Gasteiger partial charge in [-0.15, -0.1) is 0 Å². The Balaban J connectivity index is 1.46. The number of morpholine rings is 1. The summed E-state index contributed by atoms with van der Waals surface area (Å²) in [5.41, 5.74) is 2.94. The average Bonchev–Trinajstić information content (AvgIpc) is 2.80. The third-order valence-corrected chi connectivity index (χ3v) is 4.80. The van der Waals surface area contributed by atoms with Crippen molar-refractivity contribution in [2.75, 3.05) is 37.8 Å². The maximum absolute atomic E-state index is 5.94. The molecule has 0 amide bonds. The number of pyridine rings is 1. The van der Waals surface area contributed by atoms with Crippen LogP contribution in [0.1, 0.15) is 17.1 Å². The molecular weight excluding hydrogens is 392 g/mol. The van der Waals surface area contributed by atoms with Crippen LogP contribution in [0.3, 0.4) is 0 Å². The first-order valence-corrected chi connectivity index (χ1v) is 10.4. The topological polar surface area (TPSA) is 85.1 Å². The van der Waals surface area contributed by atoms with E-state index >= 15 is 0 Å². The van der Waals surface area contributed by atoms with Gasteiger partial charge in [0, 0.05) is 37.5 Å². The third-order valence-electron chi connectivity index (χ3n) is 4.80. The molecule has 0 atom stereocenters. The van der Waals surface area contributed by atoms with Crippen LogP contribution >= 0.6 is 0 Å². The molecule has 0 radical (unpaired) electrons. The van der Waals surface area contributed by atoms with Crippen molar-refractivity contribution in [2.24, 2.45) is 10.2 Å². The quantitative estimate of drug-likeness (QED) is 0.516. The summed E-state index contributed by atoms with van der Waals surface area (Å²) in [5.74, 6) is 1.94. The summed E-state index contributed by atoms with van der Waals surface area (Å²) in [4.78, 5) is 15.7. The molecule has 0 N–H and O–H groups in total. The Bertz CT molecular complexity index is 1010. The maximum atomic E-state index is 5.94. The van der Waals surface area contributed by atoms with Crippen molar-refractivity contribution in [3.8, 4) is 5.88 Å². The molecule has 1 aromatic carbocycles. The Morgan fingerprint density at radius 1 is 1.06 bits per heavy atom. The van der Waals surface area contributed by atoms with Gasteiger partial charge in [-0.3, -0.25) is 4.98 Å². The Kier molecular flexibility index (Phi) is 7.12. The highest BCUT2D eigenvalue weighted by Gasteiger charge is 2.15. The van der Waals surface area contributed by atoms with Crippen LogP contribution in [0.15, 0.2) is 65.0 Å². The zero-order valence-electron chi connectivity index (χ0n) is 17.6. The largest absolute Gasteiger partial charge is 0.477 e. The number of hydrogen-bond acceptors (Lipinski definition) is 8. The van der Waals surface area contributed by atoms with Crippen LogP contribution in [0.25, 0.3) is 0 Å². The van der Waals surface area contributed by atoms with Crippen molar-refractivity contribution in [2.45, 2.75) is 19.9 Å². The summed E-state index contributed by atoms with van der Waals surface area (Å²) in [6.07, 6.45) is 2.49. The van der Waals surface area contributed by atoms with Crippen LogP contribution in [-0.2, 0) is 17.7 Å². The minimum atomic E-state index is 0.280. The van der Waals surface area contributed by atoms with Crippen molar-refractivity contribution in [1.82, 2.24) is 15.0 Å². The van der Waals surface area contributed by atoms with Crippen molar-refractivity contribution in [1.29, 1.82) is 0 Å². The Morgan fingerprint density at radius 3 is 2.77 bits per heavy atom. The SMILES string of the molecule is Cc1cccc(N=NCc2nc(OCCc3ccccn3)cc(N3CCOCC3)n2)c1. The number of azo groups is 1. The molecule has 2 aromatic heterocycles. The molecule has 0 unspecified atom stereocenters. The van der Waals surface area contributed by atoms with Gasteiger partial charge in [0.1, 0.15) is 12.4 Å². The van der Waals surface area contributed by atoms with Crippen LogP contribution in [0.4, 0.5) is 11.5 Å². The van der Waals surface area contributed by atoms with E-state index in [-0.39, 0.29) is 6.54 Å². The van der Waals surface area contributed by atoms with Crippen LogP contribution in [0.2, 0.25) is 0 Å². The van der Waals surface area contributed by atoms with E-state index < -0.39 is 0 Å². The summed E-state index contributed by atoms with van der Waals surface area (Å²) < 4.78 is 11.4. The number of aryl methyl sites for hydroxylation is 1. The standard InChI is InChI=1S/C23H26N6O2/c1-18-5-4-7-20(15-18)28-25-17-21-26-22(29-10-13-30-14-11-29)16-23(27-21)31-12-8-19-6-2-3-9-24-19/h2-7,9,15-16H,8,10-14,17H2,1H3. The minimum Gasteiger partial charge on any atom is -0.477 e. The monoisotopic (exact) mass is 418 g/mol. The lowest BCUT2D eigenvalue weighted by molar-refractivity contribution is 0.122. The van der Waals surface area contributed by atoms with E-state index in [1.54, 1.807) is 6.20 Å². The summed E-state index contributed by atoms with van der Waals surface area (Å²) in [6.45, 7) is 5.74. The average molecular weight is 419 g/mol.